The zero-order valence-corrected chi connectivity index (χ0v) is 20.9. The molecule has 36 heavy (non-hydrogen) atoms. The summed E-state index contributed by atoms with van der Waals surface area (Å²) in [7, 11) is 0. The maximum absolute atomic E-state index is 13.8. The monoisotopic (exact) mass is 496 g/mol. The van der Waals surface area contributed by atoms with E-state index in [0.717, 1.165) is 49.6 Å². The average molecular weight is 497 g/mol. The minimum absolute atomic E-state index is 0.122. The van der Waals surface area contributed by atoms with Crippen LogP contribution < -0.4 is 10.6 Å². The van der Waals surface area contributed by atoms with Crippen LogP contribution in [-0.4, -0.2) is 9.97 Å². The first-order chi connectivity index (χ1) is 17.4. The molecule has 4 rings (SSSR count). The van der Waals surface area contributed by atoms with E-state index in [0.29, 0.717) is 11.6 Å². The van der Waals surface area contributed by atoms with E-state index in [2.05, 4.69) is 39.7 Å². The summed E-state index contributed by atoms with van der Waals surface area (Å²) >= 11 is 0. The molecule has 0 saturated heterocycles. The van der Waals surface area contributed by atoms with E-state index in [-0.39, 0.29) is 11.8 Å². The molecule has 0 radical (unpaired) electrons. The van der Waals surface area contributed by atoms with Gasteiger partial charge in [0.05, 0.1) is 0 Å². The van der Waals surface area contributed by atoms with Gasteiger partial charge in [-0.05, 0) is 60.9 Å². The molecule has 0 unspecified atom stereocenters. The van der Waals surface area contributed by atoms with Crippen LogP contribution in [0.25, 0.3) is 0 Å². The fourth-order valence-corrected chi connectivity index (χ4v) is 4.88. The van der Waals surface area contributed by atoms with Crippen LogP contribution in [0.3, 0.4) is 0 Å². The van der Waals surface area contributed by atoms with Crippen molar-refractivity contribution in [3.8, 4) is 0 Å². The first-order valence-electron chi connectivity index (χ1n) is 13.1. The Morgan fingerprint density at radius 2 is 1.64 bits per heavy atom. The molecule has 1 saturated carbocycles. The van der Waals surface area contributed by atoms with Gasteiger partial charge < -0.3 is 10.6 Å². The van der Waals surface area contributed by atoms with Gasteiger partial charge in [-0.15, -0.1) is 0 Å². The van der Waals surface area contributed by atoms with Crippen LogP contribution in [0.5, 0.6) is 0 Å². The summed E-state index contributed by atoms with van der Waals surface area (Å²) in [5, 5.41) is 6.03. The highest BCUT2D eigenvalue weighted by molar-refractivity contribution is 5.65. The number of para-hydroxylation sites is 1. The molecule has 1 aromatic heterocycles. The first kappa shape index (κ1) is 26.0. The number of hydrogen-bond acceptors (Lipinski definition) is 4. The highest BCUT2D eigenvalue weighted by Crippen LogP contribution is 2.36. The average Bonchev–Trinajstić information content (AvgIpc) is 2.88. The van der Waals surface area contributed by atoms with E-state index >= 15 is 0 Å². The molecular weight excluding hydrogens is 461 g/mol. The van der Waals surface area contributed by atoms with Gasteiger partial charge in [0, 0.05) is 17.6 Å². The van der Waals surface area contributed by atoms with Gasteiger partial charge in [-0.3, -0.25) is 0 Å². The van der Waals surface area contributed by atoms with Crippen molar-refractivity contribution < 1.29 is 13.2 Å². The smallest absolute Gasteiger partial charge is 0.339 e. The highest BCUT2D eigenvalue weighted by atomic mass is 19.4. The molecule has 3 aromatic rings. The molecule has 0 spiro atoms. The Morgan fingerprint density at radius 3 is 2.36 bits per heavy atom. The molecule has 0 aliphatic heterocycles. The van der Waals surface area contributed by atoms with Gasteiger partial charge in [0.25, 0.3) is 0 Å². The molecule has 2 aromatic carbocycles. The molecule has 0 amide bonds. The third-order valence-corrected chi connectivity index (χ3v) is 6.91. The van der Waals surface area contributed by atoms with E-state index in [9.17, 15) is 13.2 Å². The Labute approximate surface area is 211 Å². The summed E-state index contributed by atoms with van der Waals surface area (Å²) < 4.78 is 41.3. The van der Waals surface area contributed by atoms with Crippen LogP contribution in [0.1, 0.15) is 87.3 Å². The van der Waals surface area contributed by atoms with Crippen molar-refractivity contribution in [2.24, 2.45) is 0 Å². The molecule has 4 nitrogen and oxygen atoms in total. The van der Waals surface area contributed by atoms with Crippen LogP contribution in [0.15, 0.2) is 54.7 Å². The van der Waals surface area contributed by atoms with E-state index in [4.69, 9.17) is 0 Å². The Balaban J connectivity index is 1.53. The van der Waals surface area contributed by atoms with Gasteiger partial charge in [-0.2, -0.15) is 18.2 Å². The van der Waals surface area contributed by atoms with Crippen molar-refractivity contribution in [1.82, 2.24) is 9.97 Å². The van der Waals surface area contributed by atoms with Crippen molar-refractivity contribution in [2.75, 3.05) is 10.6 Å². The number of aromatic nitrogens is 2. The van der Waals surface area contributed by atoms with Gasteiger partial charge in [-0.1, -0.05) is 75.8 Å². The number of hydrogen-bond donors (Lipinski definition) is 2. The van der Waals surface area contributed by atoms with Crippen LogP contribution in [0, 0.1) is 0 Å². The standard InChI is InChI=1S/C29H35F3N4/c1-2-3-4-6-13-23-14-9-10-15-26(23)35-27-25(29(30,31)32)20-33-28(36-27)34-24-18-16-22(17-19-24)21-11-7-5-8-12-21/h9-10,14-21H,2-8,11-13H2,1H3,(H2,33,34,35,36). The zero-order chi connectivity index (χ0) is 25.4. The molecule has 192 valence electrons. The molecule has 1 heterocycles. The van der Waals surface area contributed by atoms with E-state index in [1.807, 2.05) is 30.3 Å². The van der Waals surface area contributed by atoms with Crippen LogP contribution in [0.4, 0.5) is 36.3 Å². The summed E-state index contributed by atoms with van der Waals surface area (Å²) in [5.41, 5.74) is 2.79. The fraction of sp³-hybridized carbons (Fsp3) is 0.448. The predicted octanol–water partition coefficient (Wildman–Crippen LogP) is 9.15. The number of rotatable bonds is 10. The molecular formula is C29H35F3N4. The van der Waals surface area contributed by atoms with Crippen LogP contribution >= 0.6 is 0 Å². The van der Waals surface area contributed by atoms with Crippen LogP contribution in [0.2, 0.25) is 0 Å². The number of unbranched alkanes of at least 4 members (excludes halogenated alkanes) is 3. The van der Waals surface area contributed by atoms with Gasteiger partial charge in [0.2, 0.25) is 5.95 Å². The Hall–Kier alpha value is -3.09. The van der Waals surface area contributed by atoms with Crippen molar-refractivity contribution in [3.63, 3.8) is 0 Å². The summed E-state index contributed by atoms with van der Waals surface area (Å²) in [6, 6.07) is 15.6. The number of alkyl halides is 3. The van der Waals surface area contributed by atoms with Gasteiger partial charge in [0.15, 0.2) is 0 Å². The maximum atomic E-state index is 13.8. The third-order valence-electron chi connectivity index (χ3n) is 6.91. The van der Waals surface area contributed by atoms with E-state index in [1.54, 1.807) is 6.07 Å². The molecule has 7 heteroatoms. The maximum Gasteiger partial charge on any atom is 0.421 e. The quantitative estimate of drug-likeness (QED) is 0.275. The molecule has 2 N–H and O–H groups in total. The number of nitrogens with zero attached hydrogens (tertiary/aromatic N) is 2. The minimum Gasteiger partial charge on any atom is -0.339 e. The second kappa shape index (κ2) is 12.2. The largest absolute Gasteiger partial charge is 0.421 e. The predicted molar refractivity (Wildman–Crippen MR) is 140 cm³/mol. The zero-order valence-electron chi connectivity index (χ0n) is 20.9. The Morgan fingerprint density at radius 1 is 0.889 bits per heavy atom. The topological polar surface area (TPSA) is 49.8 Å². The highest BCUT2D eigenvalue weighted by Gasteiger charge is 2.35. The number of anilines is 4. The second-order valence-electron chi connectivity index (χ2n) is 9.63. The SMILES string of the molecule is CCCCCCc1ccccc1Nc1nc(Nc2ccc(C3CCCCC3)cc2)ncc1C(F)(F)F. The molecule has 1 fully saturated rings. The number of halogens is 3. The summed E-state index contributed by atoms with van der Waals surface area (Å²) in [4.78, 5) is 8.20. The molecule has 0 atom stereocenters. The van der Waals surface area contributed by atoms with Crippen molar-refractivity contribution >= 4 is 23.1 Å². The van der Waals surface area contributed by atoms with Crippen molar-refractivity contribution in [1.29, 1.82) is 0 Å². The van der Waals surface area contributed by atoms with E-state index < -0.39 is 11.7 Å². The number of nitrogens with one attached hydrogen (secondary N) is 2. The van der Waals surface area contributed by atoms with Gasteiger partial charge in [0.1, 0.15) is 11.4 Å². The normalized spacial score (nSPS) is 14.6. The molecule has 1 aliphatic carbocycles. The lowest BCUT2D eigenvalue weighted by atomic mass is 9.84. The fourth-order valence-electron chi connectivity index (χ4n) is 4.88. The lowest BCUT2D eigenvalue weighted by molar-refractivity contribution is -0.137. The number of benzene rings is 2. The molecule has 0 bridgehead atoms. The number of aryl methyl sites for hydroxylation is 1. The van der Waals surface area contributed by atoms with Crippen LogP contribution in [-0.2, 0) is 12.6 Å². The third kappa shape index (κ3) is 6.99. The minimum atomic E-state index is -4.57. The van der Waals surface area contributed by atoms with Crippen molar-refractivity contribution in [3.05, 3.63) is 71.4 Å². The lowest BCUT2D eigenvalue weighted by Crippen LogP contribution is -2.13. The Kier molecular flexibility index (Phi) is 8.83. The van der Waals surface area contributed by atoms with Gasteiger partial charge >= 0.3 is 6.18 Å². The van der Waals surface area contributed by atoms with Gasteiger partial charge in [-0.25, -0.2) is 4.98 Å². The lowest BCUT2D eigenvalue weighted by Gasteiger charge is -2.22. The summed E-state index contributed by atoms with van der Waals surface area (Å²) in [5.74, 6) is 0.462. The Bertz CT molecular complexity index is 1110. The van der Waals surface area contributed by atoms with Crippen molar-refractivity contribution in [2.45, 2.75) is 83.2 Å². The summed E-state index contributed by atoms with van der Waals surface area (Å²) in [6.07, 6.45) is 7.71. The van der Waals surface area contributed by atoms with E-state index in [1.165, 1.54) is 37.7 Å². The molecule has 1 aliphatic rings. The summed E-state index contributed by atoms with van der Waals surface area (Å²) in [6.45, 7) is 2.15. The first-order valence-corrected chi connectivity index (χ1v) is 13.1. The second-order valence-corrected chi connectivity index (χ2v) is 9.63.